The van der Waals surface area contributed by atoms with Gasteiger partial charge < -0.3 is 19.5 Å². The van der Waals surface area contributed by atoms with E-state index in [0.717, 1.165) is 19.3 Å². The summed E-state index contributed by atoms with van der Waals surface area (Å²) in [6.45, 7) is 6.01. The second kappa shape index (κ2) is 8.45. The third-order valence-corrected chi connectivity index (χ3v) is 3.07. The van der Waals surface area contributed by atoms with Crippen LogP contribution in [0.2, 0.25) is 0 Å². The van der Waals surface area contributed by atoms with E-state index in [1.807, 2.05) is 13.8 Å². The fourth-order valence-electron chi connectivity index (χ4n) is 2.07. The van der Waals surface area contributed by atoms with Crippen molar-refractivity contribution in [3.8, 4) is 0 Å². The molecule has 1 unspecified atom stereocenters. The average molecular weight is 259 g/mol. The van der Waals surface area contributed by atoms with Gasteiger partial charge in [0.2, 0.25) is 0 Å². The van der Waals surface area contributed by atoms with Crippen molar-refractivity contribution >= 4 is 5.91 Å². The molecule has 5 heteroatoms. The van der Waals surface area contributed by atoms with Crippen molar-refractivity contribution in [2.75, 3.05) is 33.0 Å². The van der Waals surface area contributed by atoms with Crippen LogP contribution in [0.3, 0.4) is 0 Å². The third-order valence-electron chi connectivity index (χ3n) is 3.07. The summed E-state index contributed by atoms with van der Waals surface area (Å²) >= 11 is 0. The number of ether oxygens (including phenoxy) is 2. The number of hydrogen-bond acceptors (Lipinski definition) is 4. The van der Waals surface area contributed by atoms with Crippen molar-refractivity contribution in [3.63, 3.8) is 0 Å². The zero-order chi connectivity index (χ0) is 13.4. The molecule has 0 aromatic carbocycles. The Labute approximate surface area is 109 Å². The predicted molar refractivity (Wildman–Crippen MR) is 68.3 cm³/mol. The highest BCUT2D eigenvalue weighted by atomic mass is 16.5. The molecular formula is C13H25NO4. The van der Waals surface area contributed by atoms with Gasteiger partial charge >= 0.3 is 0 Å². The lowest BCUT2D eigenvalue weighted by atomic mass is 10.1. The minimum Gasteiger partial charge on any atom is -0.394 e. The van der Waals surface area contributed by atoms with E-state index < -0.39 is 0 Å². The van der Waals surface area contributed by atoms with E-state index in [4.69, 9.17) is 14.6 Å². The number of rotatable bonds is 7. The number of carbonyl (C=O) groups excluding carboxylic acids is 1. The van der Waals surface area contributed by atoms with Gasteiger partial charge in [0, 0.05) is 19.2 Å². The first-order valence-electron chi connectivity index (χ1n) is 6.77. The maximum Gasteiger partial charge on any atom is 0.252 e. The zero-order valence-electron chi connectivity index (χ0n) is 11.4. The molecule has 1 amide bonds. The molecule has 1 aliphatic heterocycles. The average Bonchev–Trinajstić information content (AvgIpc) is 2.39. The molecule has 0 radical (unpaired) electrons. The van der Waals surface area contributed by atoms with E-state index in [0.29, 0.717) is 26.4 Å². The number of hydrogen-bond donors (Lipinski definition) is 1. The van der Waals surface area contributed by atoms with Crippen molar-refractivity contribution in [3.05, 3.63) is 0 Å². The summed E-state index contributed by atoms with van der Waals surface area (Å²) in [4.78, 5) is 14.1. The van der Waals surface area contributed by atoms with Crippen LogP contribution in [-0.2, 0) is 14.3 Å². The normalized spacial score (nSPS) is 20.1. The molecule has 1 aliphatic rings. The first-order valence-corrected chi connectivity index (χ1v) is 6.77. The standard InChI is InChI=1S/C13H25NO4/c1-11(2)14(6-9-17-10-7-15)13(16)12-5-3-4-8-18-12/h11-12,15H,3-10H2,1-2H3. The molecule has 5 nitrogen and oxygen atoms in total. The second-order valence-electron chi connectivity index (χ2n) is 4.82. The first-order chi connectivity index (χ1) is 8.66. The van der Waals surface area contributed by atoms with Gasteiger partial charge in [-0.2, -0.15) is 0 Å². The number of aliphatic hydroxyl groups is 1. The third kappa shape index (κ3) is 4.92. The highest BCUT2D eigenvalue weighted by molar-refractivity contribution is 5.81. The van der Waals surface area contributed by atoms with Crippen molar-refractivity contribution in [2.24, 2.45) is 0 Å². The van der Waals surface area contributed by atoms with Crippen LogP contribution in [0.4, 0.5) is 0 Å². The molecule has 1 rings (SSSR count). The van der Waals surface area contributed by atoms with Gasteiger partial charge in [0.1, 0.15) is 6.10 Å². The quantitative estimate of drug-likeness (QED) is 0.687. The molecule has 1 saturated heterocycles. The van der Waals surface area contributed by atoms with Crippen LogP contribution in [0, 0.1) is 0 Å². The highest BCUT2D eigenvalue weighted by Crippen LogP contribution is 2.16. The molecule has 0 bridgehead atoms. The second-order valence-corrected chi connectivity index (χ2v) is 4.82. The monoisotopic (exact) mass is 259 g/mol. The summed E-state index contributed by atoms with van der Waals surface area (Å²) in [5.41, 5.74) is 0. The lowest BCUT2D eigenvalue weighted by Gasteiger charge is -2.32. The van der Waals surface area contributed by atoms with Gasteiger partial charge in [0.15, 0.2) is 0 Å². The Bertz CT molecular complexity index is 239. The lowest BCUT2D eigenvalue weighted by Crippen LogP contribution is -2.46. The molecule has 1 atom stereocenters. The van der Waals surface area contributed by atoms with Gasteiger partial charge in [-0.1, -0.05) is 0 Å². The van der Waals surface area contributed by atoms with Crippen molar-refractivity contribution < 1.29 is 19.4 Å². The molecule has 1 heterocycles. The van der Waals surface area contributed by atoms with Crippen LogP contribution < -0.4 is 0 Å². The minimum atomic E-state index is -0.279. The molecule has 0 saturated carbocycles. The van der Waals surface area contributed by atoms with Gasteiger partial charge in [0.25, 0.3) is 5.91 Å². The number of amides is 1. The zero-order valence-corrected chi connectivity index (χ0v) is 11.4. The maximum atomic E-state index is 12.3. The van der Waals surface area contributed by atoms with Crippen molar-refractivity contribution in [2.45, 2.75) is 45.3 Å². The number of carbonyl (C=O) groups is 1. The molecule has 1 N–H and O–H groups in total. The number of aliphatic hydroxyl groups excluding tert-OH is 1. The van der Waals surface area contributed by atoms with Crippen LogP contribution in [0.1, 0.15) is 33.1 Å². The van der Waals surface area contributed by atoms with E-state index in [9.17, 15) is 4.79 Å². The first kappa shape index (κ1) is 15.4. The van der Waals surface area contributed by atoms with Crippen LogP contribution >= 0.6 is 0 Å². The predicted octanol–water partition coefficient (Wildman–Crippen LogP) is 0.801. The van der Waals surface area contributed by atoms with Gasteiger partial charge in [-0.25, -0.2) is 0 Å². The Balaban J connectivity index is 2.41. The summed E-state index contributed by atoms with van der Waals surface area (Å²) in [5.74, 6) is 0.0669. The van der Waals surface area contributed by atoms with Crippen molar-refractivity contribution in [1.29, 1.82) is 0 Å². The molecule has 106 valence electrons. The van der Waals surface area contributed by atoms with Gasteiger partial charge in [0.05, 0.1) is 19.8 Å². The molecular weight excluding hydrogens is 234 g/mol. The van der Waals surface area contributed by atoms with E-state index in [1.165, 1.54) is 0 Å². The Morgan fingerprint density at radius 3 is 2.78 bits per heavy atom. The molecule has 0 aliphatic carbocycles. The SMILES string of the molecule is CC(C)N(CCOCCO)C(=O)C1CCCCO1. The van der Waals surface area contributed by atoms with E-state index in [1.54, 1.807) is 4.90 Å². The minimum absolute atomic E-state index is 0.0152. The van der Waals surface area contributed by atoms with Gasteiger partial charge in [-0.05, 0) is 33.1 Å². The molecule has 0 spiro atoms. The number of nitrogens with zero attached hydrogens (tertiary/aromatic N) is 1. The van der Waals surface area contributed by atoms with Crippen LogP contribution in [0.25, 0.3) is 0 Å². The molecule has 0 aromatic heterocycles. The fraction of sp³-hybridized carbons (Fsp3) is 0.923. The van der Waals surface area contributed by atoms with Crippen molar-refractivity contribution in [1.82, 2.24) is 4.90 Å². The Morgan fingerprint density at radius 1 is 1.44 bits per heavy atom. The summed E-state index contributed by atoms with van der Waals surface area (Å²) in [6.07, 6.45) is 2.65. The summed E-state index contributed by atoms with van der Waals surface area (Å²) in [5, 5.41) is 8.63. The Morgan fingerprint density at radius 2 is 2.22 bits per heavy atom. The Hall–Kier alpha value is -0.650. The lowest BCUT2D eigenvalue weighted by molar-refractivity contribution is -0.149. The van der Waals surface area contributed by atoms with E-state index in [2.05, 4.69) is 0 Å². The molecule has 18 heavy (non-hydrogen) atoms. The summed E-state index contributed by atoms with van der Waals surface area (Å²) < 4.78 is 10.7. The van der Waals surface area contributed by atoms with E-state index in [-0.39, 0.29) is 24.7 Å². The highest BCUT2D eigenvalue weighted by Gasteiger charge is 2.28. The summed E-state index contributed by atoms with van der Waals surface area (Å²) in [6, 6.07) is 0.140. The molecule has 0 aromatic rings. The maximum absolute atomic E-state index is 12.3. The van der Waals surface area contributed by atoms with Gasteiger partial charge in [-0.3, -0.25) is 4.79 Å². The fourth-order valence-corrected chi connectivity index (χ4v) is 2.07. The Kier molecular flexibility index (Phi) is 7.23. The summed E-state index contributed by atoms with van der Waals surface area (Å²) in [7, 11) is 0. The largest absolute Gasteiger partial charge is 0.394 e. The van der Waals surface area contributed by atoms with Gasteiger partial charge in [-0.15, -0.1) is 0 Å². The topological polar surface area (TPSA) is 59.0 Å². The van der Waals surface area contributed by atoms with Crippen LogP contribution in [-0.4, -0.2) is 61.0 Å². The van der Waals surface area contributed by atoms with Crippen LogP contribution in [0.15, 0.2) is 0 Å². The van der Waals surface area contributed by atoms with Crippen LogP contribution in [0.5, 0.6) is 0 Å². The smallest absolute Gasteiger partial charge is 0.252 e. The molecule has 1 fully saturated rings. The van der Waals surface area contributed by atoms with E-state index >= 15 is 0 Å².